The van der Waals surface area contributed by atoms with Crippen molar-refractivity contribution in [3.05, 3.63) is 42.0 Å². The molecule has 1 rings (SSSR count). The first-order chi connectivity index (χ1) is 7.13. The zero-order valence-corrected chi connectivity index (χ0v) is 9.17. The van der Waals surface area contributed by atoms with E-state index in [2.05, 4.69) is 18.4 Å². The smallest absolute Gasteiger partial charge is 0.0524 e. The van der Waals surface area contributed by atoms with Crippen LogP contribution in [0.5, 0.6) is 0 Å². The van der Waals surface area contributed by atoms with Gasteiger partial charge in [-0.25, -0.2) is 0 Å². The number of allylic oxidation sites excluding steroid dienone is 1. The SMILES string of the molecule is C=C(C)c1cccc(C#CC(C)C=N)c1. The lowest BCUT2D eigenvalue weighted by Crippen LogP contribution is -1.89. The predicted octanol–water partition coefficient (Wildman–Crippen LogP) is 3.36. The van der Waals surface area contributed by atoms with Gasteiger partial charge in [0.1, 0.15) is 0 Å². The fourth-order valence-corrected chi connectivity index (χ4v) is 1.10. The summed E-state index contributed by atoms with van der Waals surface area (Å²) < 4.78 is 0. The molecule has 1 atom stereocenters. The number of hydrogen-bond donors (Lipinski definition) is 1. The van der Waals surface area contributed by atoms with Gasteiger partial charge in [0.15, 0.2) is 0 Å². The van der Waals surface area contributed by atoms with Gasteiger partial charge in [0.05, 0.1) is 5.92 Å². The monoisotopic (exact) mass is 197 g/mol. The third kappa shape index (κ3) is 3.44. The molecule has 0 saturated heterocycles. The van der Waals surface area contributed by atoms with Crippen molar-refractivity contribution in [2.45, 2.75) is 13.8 Å². The lowest BCUT2D eigenvalue weighted by molar-refractivity contribution is 1.06. The van der Waals surface area contributed by atoms with Gasteiger partial charge in [-0.1, -0.05) is 36.1 Å². The molecule has 0 aliphatic heterocycles. The second-order valence-electron chi connectivity index (χ2n) is 3.59. The highest BCUT2D eigenvalue weighted by Gasteiger charge is 1.94. The molecule has 0 fully saturated rings. The van der Waals surface area contributed by atoms with Crippen molar-refractivity contribution in [3.63, 3.8) is 0 Å². The van der Waals surface area contributed by atoms with Crippen LogP contribution >= 0.6 is 0 Å². The molecule has 0 spiro atoms. The summed E-state index contributed by atoms with van der Waals surface area (Å²) in [6.07, 6.45) is 1.34. The molecule has 0 saturated carbocycles. The highest BCUT2D eigenvalue weighted by atomic mass is 14.3. The number of hydrogen-bond acceptors (Lipinski definition) is 1. The van der Waals surface area contributed by atoms with Gasteiger partial charge >= 0.3 is 0 Å². The van der Waals surface area contributed by atoms with Crippen molar-refractivity contribution in [1.82, 2.24) is 0 Å². The molecular formula is C14H15N. The number of rotatable bonds is 2. The van der Waals surface area contributed by atoms with Crippen molar-refractivity contribution in [1.29, 1.82) is 5.41 Å². The molecule has 1 unspecified atom stereocenters. The molecule has 76 valence electrons. The maximum absolute atomic E-state index is 7.04. The van der Waals surface area contributed by atoms with E-state index in [0.717, 1.165) is 16.7 Å². The van der Waals surface area contributed by atoms with Crippen LogP contribution in [0, 0.1) is 23.2 Å². The molecular weight excluding hydrogens is 182 g/mol. The van der Waals surface area contributed by atoms with Gasteiger partial charge in [0.2, 0.25) is 0 Å². The van der Waals surface area contributed by atoms with E-state index in [1.807, 2.05) is 38.1 Å². The molecule has 15 heavy (non-hydrogen) atoms. The number of nitrogens with one attached hydrogen (secondary N) is 1. The van der Waals surface area contributed by atoms with Gasteiger partial charge in [-0.2, -0.15) is 0 Å². The molecule has 1 N–H and O–H groups in total. The standard InChI is InChI=1S/C14H15N/c1-11(2)14-6-4-5-13(9-14)8-7-12(3)10-15/h4-6,9-10,12,15H,1H2,2-3H3. The molecule has 0 amide bonds. The minimum atomic E-state index is 0.0125. The molecule has 0 radical (unpaired) electrons. The summed E-state index contributed by atoms with van der Waals surface area (Å²) in [5, 5.41) is 7.04. The Bertz CT molecular complexity index is 432. The van der Waals surface area contributed by atoms with E-state index in [1.54, 1.807) is 0 Å². The van der Waals surface area contributed by atoms with E-state index in [9.17, 15) is 0 Å². The van der Waals surface area contributed by atoms with Crippen LogP contribution in [-0.4, -0.2) is 6.21 Å². The van der Waals surface area contributed by atoms with Crippen LogP contribution in [-0.2, 0) is 0 Å². The van der Waals surface area contributed by atoms with Gasteiger partial charge in [-0.3, -0.25) is 0 Å². The van der Waals surface area contributed by atoms with E-state index in [0.29, 0.717) is 0 Å². The van der Waals surface area contributed by atoms with Crippen LogP contribution < -0.4 is 0 Å². The van der Waals surface area contributed by atoms with Gasteiger partial charge in [0, 0.05) is 11.8 Å². The minimum absolute atomic E-state index is 0.0125. The topological polar surface area (TPSA) is 23.9 Å². The lowest BCUT2D eigenvalue weighted by atomic mass is 10.1. The van der Waals surface area contributed by atoms with Crippen LogP contribution in [0.4, 0.5) is 0 Å². The average Bonchev–Trinajstić information content (AvgIpc) is 2.26. The lowest BCUT2D eigenvalue weighted by Gasteiger charge is -1.99. The van der Waals surface area contributed by atoms with E-state index >= 15 is 0 Å². The molecule has 0 aliphatic carbocycles. The first-order valence-electron chi connectivity index (χ1n) is 4.91. The van der Waals surface area contributed by atoms with Crippen molar-refractivity contribution in [2.24, 2.45) is 5.92 Å². The predicted molar refractivity (Wildman–Crippen MR) is 66.0 cm³/mol. The summed E-state index contributed by atoms with van der Waals surface area (Å²) >= 11 is 0. The quantitative estimate of drug-likeness (QED) is 0.555. The fourth-order valence-electron chi connectivity index (χ4n) is 1.10. The van der Waals surface area contributed by atoms with Crippen LogP contribution in [0.15, 0.2) is 30.8 Å². The Morgan fingerprint density at radius 2 is 2.27 bits per heavy atom. The summed E-state index contributed by atoms with van der Waals surface area (Å²) in [5.41, 5.74) is 3.13. The first-order valence-corrected chi connectivity index (χ1v) is 4.91. The van der Waals surface area contributed by atoms with Gasteiger partial charge in [0.25, 0.3) is 0 Å². The summed E-state index contributed by atoms with van der Waals surface area (Å²) in [4.78, 5) is 0. The Hall–Kier alpha value is -1.81. The summed E-state index contributed by atoms with van der Waals surface area (Å²) in [5.74, 6) is 6.05. The highest BCUT2D eigenvalue weighted by molar-refractivity contribution is 5.64. The van der Waals surface area contributed by atoms with Gasteiger partial charge < -0.3 is 5.41 Å². The Morgan fingerprint density at radius 3 is 2.87 bits per heavy atom. The molecule has 1 aromatic carbocycles. The fraction of sp³-hybridized carbons (Fsp3) is 0.214. The van der Waals surface area contributed by atoms with Crippen molar-refractivity contribution >= 4 is 11.8 Å². The second kappa shape index (κ2) is 5.17. The van der Waals surface area contributed by atoms with Crippen LogP contribution in [0.3, 0.4) is 0 Å². The van der Waals surface area contributed by atoms with Crippen molar-refractivity contribution in [3.8, 4) is 11.8 Å². The summed E-state index contributed by atoms with van der Waals surface area (Å²) in [7, 11) is 0. The average molecular weight is 197 g/mol. The maximum atomic E-state index is 7.04. The molecule has 0 bridgehead atoms. The largest absolute Gasteiger partial charge is 0.312 e. The van der Waals surface area contributed by atoms with E-state index in [4.69, 9.17) is 5.41 Å². The highest BCUT2D eigenvalue weighted by Crippen LogP contribution is 2.12. The van der Waals surface area contributed by atoms with Crippen molar-refractivity contribution in [2.75, 3.05) is 0 Å². The van der Waals surface area contributed by atoms with Gasteiger partial charge in [-0.15, -0.1) is 0 Å². The Labute approximate surface area is 91.3 Å². The maximum Gasteiger partial charge on any atom is 0.0524 e. The zero-order valence-electron chi connectivity index (χ0n) is 9.17. The Kier molecular flexibility index (Phi) is 3.88. The zero-order chi connectivity index (χ0) is 11.3. The van der Waals surface area contributed by atoms with E-state index in [-0.39, 0.29) is 5.92 Å². The third-order valence-electron chi connectivity index (χ3n) is 2.05. The normalized spacial score (nSPS) is 11.1. The van der Waals surface area contributed by atoms with Crippen LogP contribution in [0.2, 0.25) is 0 Å². The summed E-state index contributed by atoms with van der Waals surface area (Å²) in [6, 6.07) is 7.98. The number of benzene rings is 1. The van der Waals surface area contributed by atoms with E-state index < -0.39 is 0 Å². The third-order valence-corrected chi connectivity index (χ3v) is 2.05. The molecule has 1 nitrogen and oxygen atoms in total. The molecule has 0 heterocycles. The summed E-state index contributed by atoms with van der Waals surface area (Å²) in [6.45, 7) is 7.78. The minimum Gasteiger partial charge on any atom is -0.312 e. The van der Waals surface area contributed by atoms with Crippen LogP contribution in [0.25, 0.3) is 5.57 Å². The molecule has 0 aromatic heterocycles. The van der Waals surface area contributed by atoms with Crippen LogP contribution in [0.1, 0.15) is 25.0 Å². The van der Waals surface area contributed by atoms with Gasteiger partial charge in [-0.05, 0) is 31.5 Å². The molecule has 0 aliphatic rings. The second-order valence-corrected chi connectivity index (χ2v) is 3.59. The Morgan fingerprint density at radius 1 is 1.53 bits per heavy atom. The van der Waals surface area contributed by atoms with E-state index in [1.165, 1.54) is 6.21 Å². The Balaban J connectivity index is 2.94. The molecule has 1 aromatic rings. The first kappa shape index (κ1) is 11.3. The van der Waals surface area contributed by atoms with Crippen molar-refractivity contribution < 1.29 is 0 Å². The molecule has 1 heteroatoms.